The standard InChI is InChI=1S/C14H25N3O3/c15-11(10-3-7-20-8-4-10)12(18)17-9-14(13(16)19)5-1-2-6-14/h10-11H,1-9,15H2,(H2,16,19)(H,17,18). The maximum Gasteiger partial charge on any atom is 0.237 e. The van der Waals surface area contributed by atoms with Crippen LogP contribution in [0.2, 0.25) is 0 Å². The lowest BCUT2D eigenvalue weighted by Crippen LogP contribution is -2.51. The normalized spacial score (nSPS) is 24.2. The van der Waals surface area contributed by atoms with Crippen LogP contribution in [0.3, 0.4) is 0 Å². The predicted molar refractivity (Wildman–Crippen MR) is 74.6 cm³/mol. The highest BCUT2D eigenvalue weighted by Crippen LogP contribution is 2.37. The van der Waals surface area contributed by atoms with Crippen LogP contribution < -0.4 is 16.8 Å². The van der Waals surface area contributed by atoms with Gasteiger partial charge in [-0.05, 0) is 31.6 Å². The summed E-state index contributed by atoms with van der Waals surface area (Å²) in [6.45, 7) is 1.64. The van der Waals surface area contributed by atoms with Crippen molar-refractivity contribution in [2.45, 2.75) is 44.6 Å². The van der Waals surface area contributed by atoms with Gasteiger partial charge in [-0.15, -0.1) is 0 Å². The molecule has 0 aromatic rings. The first-order valence-corrected chi connectivity index (χ1v) is 7.46. The molecular weight excluding hydrogens is 258 g/mol. The first-order chi connectivity index (χ1) is 9.55. The van der Waals surface area contributed by atoms with Crippen molar-refractivity contribution < 1.29 is 14.3 Å². The Bertz CT molecular complexity index is 361. The summed E-state index contributed by atoms with van der Waals surface area (Å²) in [6.07, 6.45) is 5.13. The van der Waals surface area contributed by atoms with Crippen LogP contribution in [0, 0.1) is 11.3 Å². The number of hydrogen-bond donors (Lipinski definition) is 3. The van der Waals surface area contributed by atoms with Crippen molar-refractivity contribution in [3.8, 4) is 0 Å². The van der Waals surface area contributed by atoms with Crippen molar-refractivity contribution >= 4 is 11.8 Å². The summed E-state index contributed by atoms with van der Waals surface area (Å²) in [4.78, 5) is 23.8. The fourth-order valence-electron chi connectivity index (χ4n) is 3.23. The predicted octanol–water partition coefficient (Wildman–Crippen LogP) is -0.0978. The third kappa shape index (κ3) is 3.30. The molecule has 1 saturated heterocycles. The second kappa shape index (κ2) is 6.54. The van der Waals surface area contributed by atoms with E-state index in [0.717, 1.165) is 38.5 Å². The molecule has 0 spiro atoms. The molecule has 0 bridgehead atoms. The zero-order valence-corrected chi connectivity index (χ0v) is 11.9. The Balaban J connectivity index is 1.85. The van der Waals surface area contributed by atoms with Crippen molar-refractivity contribution in [3.63, 3.8) is 0 Å². The average molecular weight is 283 g/mol. The van der Waals surface area contributed by atoms with Crippen molar-refractivity contribution in [2.24, 2.45) is 22.8 Å². The van der Waals surface area contributed by atoms with Crippen molar-refractivity contribution in [2.75, 3.05) is 19.8 Å². The Labute approximate surface area is 119 Å². The van der Waals surface area contributed by atoms with Gasteiger partial charge in [-0.25, -0.2) is 0 Å². The molecule has 1 unspecified atom stereocenters. The van der Waals surface area contributed by atoms with Crippen LogP contribution in [0.5, 0.6) is 0 Å². The maximum absolute atomic E-state index is 12.1. The number of nitrogens with two attached hydrogens (primary N) is 2. The third-order valence-corrected chi connectivity index (χ3v) is 4.76. The van der Waals surface area contributed by atoms with Gasteiger partial charge in [-0.2, -0.15) is 0 Å². The van der Waals surface area contributed by atoms with Crippen LogP contribution in [0.1, 0.15) is 38.5 Å². The lowest BCUT2D eigenvalue weighted by molar-refractivity contribution is -0.129. The molecule has 6 nitrogen and oxygen atoms in total. The van der Waals surface area contributed by atoms with Crippen molar-refractivity contribution in [1.29, 1.82) is 0 Å². The van der Waals surface area contributed by atoms with Crippen molar-refractivity contribution in [1.82, 2.24) is 5.32 Å². The number of carbonyl (C=O) groups is 2. The highest BCUT2D eigenvalue weighted by molar-refractivity contribution is 5.85. The van der Waals surface area contributed by atoms with Gasteiger partial charge in [-0.1, -0.05) is 12.8 Å². The van der Waals surface area contributed by atoms with E-state index >= 15 is 0 Å². The number of primary amides is 1. The number of amides is 2. The minimum absolute atomic E-state index is 0.164. The van der Waals surface area contributed by atoms with Crippen molar-refractivity contribution in [3.05, 3.63) is 0 Å². The van der Waals surface area contributed by atoms with Gasteiger partial charge in [0.1, 0.15) is 0 Å². The van der Waals surface area contributed by atoms with E-state index < -0.39 is 11.5 Å². The molecule has 2 fully saturated rings. The maximum atomic E-state index is 12.1. The molecule has 1 aliphatic heterocycles. The molecule has 1 atom stereocenters. The molecule has 5 N–H and O–H groups in total. The van der Waals surface area contributed by atoms with Crippen LogP contribution in [0.25, 0.3) is 0 Å². The topological polar surface area (TPSA) is 107 Å². The molecule has 114 valence electrons. The van der Waals surface area contributed by atoms with Gasteiger partial charge < -0.3 is 21.5 Å². The number of nitrogens with one attached hydrogen (secondary N) is 1. The van der Waals surface area contributed by atoms with Crippen LogP contribution in [0.4, 0.5) is 0 Å². The van der Waals surface area contributed by atoms with Gasteiger partial charge in [0.25, 0.3) is 0 Å². The quantitative estimate of drug-likeness (QED) is 0.655. The van der Waals surface area contributed by atoms with E-state index in [2.05, 4.69) is 5.32 Å². The molecule has 6 heteroatoms. The largest absolute Gasteiger partial charge is 0.381 e. The summed E-state index contributed by atoms with van der Waals surface area (Å²) in [5, 5.41) is 2.84. The molecule has 0 radical (unpaired) electrons. The minimum Gasteiger partial charge on any atom is -0.381 e. The first kappa shape index (κ1) is 15.3. The molecule has 2 rings (SSSR count). The van der Waals surface area contributed by atoms with Gasteiger partial charge >= 0.3 is 0 Å². The van der Waals surface area contributed by atoms with Crippen LogP contribution in [-0.2, 0) is 14.3 Å². The molecule has 1 aliphatic carbocycles. The van der Waals surface area contributed by atoms with E-state index in [1.54, 1.807) is 0 Å². The van der Waals surface area contributed by atoms with E-state index in [4.69, 9.17) is 16.2 Å². The van der Waals surface area contributed by atoms with E-state index in [0.29, 0.717) is 19.8 Å². The van der Waals surface area contributed by atoms with Crippen LogP contribution in [-0.4, -0.2) is 37.6 Å². The fraction of sp³-hybridized carbons (Fsp3) is 0.857. The summed E-state index contributed by atoms with van der Waals surface area (Å²) in [6, 6.07) is -0.523. The van der Waals surface area contributed by atoms with Gasteiger partial charge in [0, 0.05) is 19.8 Å². The Hall–Kier alpha value is -1.14. The van der Waals surface area contributed by atoms with Gasteiger partial charge in [0.05, 0.1) is 11.5 Å². The summed E-state index contributed by atoms with van der Waals surface area (Å²) in [5.41, 5.74) is 10.9. The van der Waals surface area contributed by atoms with E-state index in [9.17, 15) is 9.59 Å². The number of ether oxygens (including phenoxy) is 1. The Morgan fingerprint density at radius 3 is 2.40 bits per heavy atom. The van der Waals surface area contributed by atoms with Gasteiger partial charge in [-0.3, -0.25) is 9.59 Å². The van der Waals surface area contributed by atoms with Gasteiger partial charge in [0.2, 0.25) is 11.8 Å². The summed E-state index contributed by atoms with van der Waals surface area (Å²) < 4.78 is 5.27. The second-order valence-corrected chi connectivity index (χ2v) is 6.05. The van der Waals surface area contributed by atoms with Gasteiger partial charge in [0.15, 0.2) is 0 Å². The number of hydrogen-bond acceptors (Lipinski definition) is 4. The summed E-state index contributed by atoms with van der Waals surface area (Å²) in [5.74, 6) is -0.323. The fourth-order valence-corrected chi connectivity index (χ4v) is 3.23. The molecule has 1 saturated carbocycles. The summed E-state index contributed by atoms with van der Waals surface area (Å²) in [7, 11) is 0. The lowest BCUT2D eigenvalue weighted by Gasteiger charge is -2.29. The molecular formula is C14H25N3O3. The Morgan fingerprint density at radius 1 is 1.25 bits per heavy atom. The Morgan fingerprint density at radius 2 is 1.85 bits per heavy atom. The zero-order chi connectivity index (χ0) is 14.6. The minimum atomic E-state index is -0.564. The second-order valence-electron chi connectivity index (χ2n) is 6.05. The average Bonchev–Trinajstić information content (AvgIpc) is 2.95. The molecule has 0 aromatic carbocycles. The smallest absolute Gasteiger partial charge is 0.237 e. The highest BCUT2D eigenvalue weighted by Gasteiger charge is 2.40. The van der Waals surface area contributed by atoms with Crippen LogP contribution in [0.15, 0.2) is 0 Å². The molecule has 2 aliphatic rings. The SMILES string of the molecule is NC(=O)C1(CNC(=O)C(N)C2CCOCC2)CCCC1. The molecule has 20 heavy (non-hydrogen) atoms. The summed E-state index contributed by atoms with van der Waals surface area (Å²) >= 11 is 0. The number of carbonyl (C=O) groups excluding carboxylic acids is 2. The lowest BCUT2D eigenvalue weighted by atomic mass is 9.85. The number of rotatable bonds is 5. The van der Waals surface area contributed by atoms with Crippen LogP contribution >= 0.6 is 0 Å². The monoisotopic (exact) mass is 283 g/mol. The zero-order valence-electron chi connectivity index (χ0n) is 11.9. The van der Waals surface area contributed by atoms with E-state index in [-0.39, 0.29) is 17.7 Å². The molecule has 0 aromatic heterocycles. The molecule has 1 heterocycles. The Kier molecular flexibility index (Phi) is 4.99. The third-order valence-electron chi connectivity index (χ3n) is 4.76. The molecule has 2 amide bonds. The first-order valence-electron chi connectivity index (χ1n) is 7.46. The van der Waals surface area contributed by atoms with E-state index in [1.165, 1.54) is 0 Å². The highest BCUT2D eigenvalue weighted by atomic mass is 16.5. The van der Waals surface area contributed by atoms with E-state index in [1.807, 2.05) is 0 Å².